The second kappa shape index (κ2) is 13.0. The molecule has 0 aliphatic heterocycles. The van der Waals surface area contributed by atoms with Gasteiger partial charge in [0.15, 0.2) is 5.58 Å². The van der Waals surface area contributed by atoms with E-state index in [1.807, 2.05) is 12.1 Å². The molecule has 0 atom stereocenters. The number of aromatic nitrogens is 2. The number of hydrogen-bond acceptors (Lipinski definition) is 3. The zero-order chi connectivity index (χ0) is 41.1. The van der Waals surface area contributed by atoms with Gasteiger partial charge in [0.25, 0.3) is 0 Å². The third kappa shape index (κ3) is 5.10. The van der Waals surface area contributed by atoms with Gasteiger partial charge in [-0.3, -0.25) is 4.40 Å². The first-order chi connectivity index (χ1) is 30.5. The van der Waals surface area contributed by atoms with Crippen LogP contribution in [-0.2, 0) is 5.41 Å². The van der Waals surface area contributed by atoms with Crippen LogP contribution in [0.15, 0.2) is 205 Å². The van der Waals surface area contributed by atoms with Crippen LogP contribution in [0.5, 0.6) is 0 Å². The Labute approximate surface area is 358 Å². The number of imidazole rings is 1. The molecule has 0 spiro atoms. The lowest BCUT2D eigenvalue weighted by Gasteiger charge is -2.28. The highest BCUT2D eigenvalue weighted by atomic mass is 16.3. The van der Waals surface area contributed by atoms with Crippen LogP contribution in [0.2, 0.25) is 0 Å². The molecule has 4 nitrogen and oxygen atoms in total. The first kappa shape index (κ1) is 34.9. The molecule has 1 aliphatic rings. The number of nitrogens with zero attached hydrogens (tertiary/aromatic N) is 3. The fourth-order valence-electron chi connectivity index (χ4n) is 10.3. The van der Waals surface area contributed by atoms with Crippen molar-refractivity contribution in [2.24, 2.45) is 0 Å². The standard InChI is InChI=1S/C58H39N3O/c1-58(2)51-18-10-8-15-44(51)45-31-29-42(33-52(45)58)61(40-12-4-3-5-13-40)41-27-24-37(25-28-41)36-20-22-38(23-21-36)39-26-30-48-49(32-39)43-14-6-7-17-47(43)56-57(48)60-35-54-50(34-55(60)59-56)46-16-9-11-19-53(46)62-54/h3-35H,1-2H3. The largest absolute Gasteiger partial charge is 0.455 e. The Morgan fingerprint density at radius 3 is 1.85 bits per heavy atom. The number of rotatable bonds is 5. The molecule has 0 saturated heterocycles. The van der Waals surface area contributed by atoms with Gasteiger partial charge in [0, 0.05) is 44.0 Å². The van der Waals surface area contributed by atoms with Crippen LogP contribution in [-0.4, -0.2) is 9.38 Å². The average Bonchev–Trinajstić information content (AvgIpc) is 3.96. The second-order valence-corrected chi connectivity index (χ2v) is 17.2. The zero-order valence-electron chi connectivity index (χ0n) is 34.3. The summed E-state index contributed by atoms with van der Waals surface area (Å²) in [5.41, 5.74) is 18.2. The van der Waals surface area contributed by atoms with Gasteiger partial charge in [0.1, 0.15) is 11.2 Å². The third-order valence-corrected chi connectivity index (χ3v) is 13.4. The van der Waals surface area contributed by atoms with E-state index in [0.29, 0.717) is 0 Å². The van der Waals surface area contributed by atoms with Crippen LogP contribution in [0.1, 0.15) is 25.0 Å². The number of furan rings is 1. The molecule has 0 unspecified atom stereocenters. The molecule has 12 aromatic rings. The molecule has 0 N–H and O–H groups in total. The van der Waals surface area contributed by atoms with Gasteiger partial charge in [-0.15, -0.1) is 0 Å². The number of pyridine rings is 1. The number of anilines is 3. The quantitative estimate of drug-likeness (QED) is 0.163. The van der Waals surface area contributed by atoms with E-state index >= 15 is 0 Å². The molecular weight excluding hydrogens is 755 g/mol. The minimum Gasteiger partial charge on any atom is -0.455 e. The predicted octanol–water partition coefficient (Wildman–Crippen LogP) is 15.8. The van der Waals surface area contributed by atoms with Crippen molar-refractivity contribution in [3.8, 4) is 33.4 Å². The number of benzene rings is 9. The molecular formula is C58H39N3O. The highest BCUT2D eigenvalue weighted by Crippen LogP contribution is 2.51. The third-order valence-electron chi connectivity index (χ3n) is 13.4. The van der Waals surface area contributed by atoms with E-state index < -0.39 is 0 Å². The fraction of sp³-hybridized carbons (Fsp3) is 0.0517. The summed E-state index contributed by atoms with van der Waals surface area (Å²) in [6.07, 6.45) is 2.11. The van der Waals surface area contributed by atoms with Crippen molar-refractivity contribution in [1.29, 1.82) is 0 Å². The molecule has 0 saturated carbocycles. The molecule has 9 aromatic carbocycles. The van der Waals surface area contributed by atoms with Crippen LogP contribution in [0.4, 0.5) is 17.1 Å². The van der Waals surface area contributed by atoms with Gasteiger partial charge in [-0.1, -0.05) is 153 Å². The maximum atomic E-state index is 6.33. The lowest BCUT2D eigenvalue weighted by atomic mass is 9.82. The average molecular weight is 794 g/mol. The summed E-state index contributed by atoms with van der Waals surface area (Å²) in [4.78, 5) is 7.61. The molecule has 13 rings (SSSR count). The van der Waals surface area contributed by atoms with E-state index in [1.54, 1.807) is 0 Å². The fourth-order valence-corrected chi connectivity index (χ4v) is 10.3. The minimum atomic E-state index is -0.0768. The van der Waals surface area contributed by atoms with E-state index in [9.17, 15) is 0 Å². The minimum absolute atomic E-state index is 0.0768. The van der Waals surface area contributed by atoms with Crippen LogP contribution in [0, 0.1) is 0 Å². The maximum absolute atomic E-state index is 6.33. The topological polar surface area (TPSA) is 33.7 Å². The van der Waals surface area contributed by atoms with E-state index in [-0.39, 0.29) is 5.41 Å². The predicted molar refractivity (Wildman–Crippen MR) is 258 cm³/mol. The van der Waals surface area contributed by atoms with Crippen LogP contribution < -0.4 is 4.90 Å². The lowest BCUT2D eigenvalue weighted by Crippen LogP contribution is -2.16. The van der Waals surface area contributed by atoms with E-state index in [0.717, 1.165) is 61.1 Å². The lowest BCUT2D eigenvalue weighted by molar-refractivity contribution is 0.660. The normalized spacial score (nSPS) is 13.1. The van der Waals surface area contributed by atoms with Crippen molar-refractivity contribution >= 4 is 77.2 Å². The Bertz CT molecular complexity index is 3760. The molecule has 0 radical (unpaired) electrons. The maximum Gasteiger partial charge on any atom is 0.152 e. The van der Waals surface area contributed by atoms with Crippen molar-refractivity contribution in [1.82, 2.24) is 9.38 Å². The molecule has 0 amide bonds. The van der Waals surface area contributed by atoms with Gasteiger partial charge in [0.2, 0.25) is 0 Å². The van der Waals surface area contributed by atoms with Gasteiger partial charge in [-0.05, 0) is 110 Å². The van der Waals surface area contributed by atoms with E-state index in [4.69, 9.17) is 9.40 Å². The highest BCUT2D eigenvalue weighted by Gasteiger charge is 2.35. The molecule has 3 aromatic heterocycles. The zero-order valence-corrected chi connectivity index (χ0v) is 34.3. The van der Waals surface area contributed by atoms with Gasteiger partial charge in [-0.2, -0.15) is 0 Å². The van der Waals surface area contributed by atoms with Gasteiger partial charge in [0.05, 0.1) is 17.2 Å². The molecule has 292 valence electrons. The first-order valence-electron chi connectivity index (χ1n) is 21.4. The molecule has 1 aliphatic carbocycles. The monoisotopic (exact) mass is 793 g/mol. The molecule has 62 heavy (non-hydrogen) atoms. The summed E-state index contributed by atoms with van der Waals surface area (Å²) < 4.78 is 8.54. The summed E-state index contributed by atoms with van der Waals surface area (Å²) in [5, 5.41) is 6.91. The van der Waals surface area contributed by atoms with Crippen LogP contribution in [0.25, 0.3) is 93.5 Å². The van der Waals surface area contributed by atoms with Crippen LogP contribution >= 0.6 is 0 Å². The van der Waals surface area contributed by atoms with Gasteiger partial charge >= 0.3 is 0 Å². The van der Waals surface area contributed by atoms with Crippen molar-refractivity contribution in [3.05, 3.63) is 211 Å². The van der Waals surface area contributed by atoms with E-state index in [1.165, 1.54) is 60.7 Å². The summed E-state index contributed by atoms with van der Waals surface area (Å²) in [7, 11) is 0. The Morgan fingerprint density at radius 2 is 1.05 bits per heavy atom. The summed E-state index contributed by atoms with van der Waals surface area (Å²) in [5.74, 6) is 0. The number of hydrogen-bond donors (Lipinski definition) is 0. The van der Waals surface area contributed by atoms with Gasteiger partial charge < -0.3 is 9.32 Å². The number of para-hydroxylation sites is 2. The highest BCUT2D eigenvalue weighted by molar-refractivity contribution is 6.25. The van der Waals surface area contributed by atoms with E-state index in [2.05, 4.69) is 211 Å². The van der Waals surface area contributed by atoms with Crippen LogP contribution in [0.3, 0.4) is 0 Å². The summed E-state index contributed by atoms with van der Waals surface area (Å²) >= 11 is 0. The summed E-state index contributed by atoms with van der Waals surface area (Å²) in [6, 6.07) is 70.4. The first-order valence-corrected chi connectivity index (χ1v) is 21.4. The summed E-state index contributed by atoms with van der Waals surface area (Å²) in [6.45, 7) is 4.69. The van der Waals surface area contributed by atoms with Gasteiger partial charge in [-0.25, -0.2) is 4.98 Å². The Morgan fingerprint density at radius 1 is 0.435 bits per heavy atom. The van der Waals surface area contributed by atoms with Crippen molar-refractivity contribution < 1.29 is 4.42 Å². The van der Waals surface area contributed by atoms with Crippen molar-refractivity contribution in [3.63, 3.8) is 0 Å². The molecule has 3 heterocycles. The van der Waals surface area contributed by atoms with Crippen molar-refractivity contribution in [2.75, 3.05) is 4.90 Å². The number of fused-ring (bicyclic) bond motifs is 14. The SMILES string of the molecule is CC1(C)c2ccccc2-c2ccc(N(c3ccccc3)c3ccc(-c4ccc(-c5ccc6c(c5)c5ccccc5c5nc7cc8c(cn7c65)oc5ccccc58)cc4)cc3)cc21. The molecule has 0 fully saturated rings. The van der Waals surface area contributed by atoms with Crippen molar-refractivity contribution in [2.45, 2.75) is 19.3 Å². The Balaban J connectivity index is 0.856. The Kier molecular flexibility index (Phi) is 7.32. The second-order valence-electron chi connectivity index (χ2n) is 17.2. The molecule has 0 bridgehead atoms. The molecule has 4 heteroatoms. The smallest absolute Gasteiger partial charge is 0.152 e. The Hall–Kier alpha value is -7.95.